The van der Waals surface area contributed by atoms with Crippen LogP contribution in [0.15, 0.2) is 72.6 Å². The minimum atomic E-state index is -3.19. The van der Waals surface area contributed by atoms with Gasteiger partial charge in [-0.05, 0) is 43.0 Å². The highest BCUT2D eigenvalue weighted by atomic mass is 19.3. The molecule has 0 amide bonds. The summed E-state index contributed by atoms with van der Waals surface area (Å²) >= 11 is 0. The lowest BCUT2D eigenvalue weighted by molar-refractivity contribution is 0.0343. The van der Waals surface area contributed by atoms with E-state index in [0.29, 0.717) is 58.1 Å². The van der Waals surface area contributed by atoms with Gasteiger partial charge >= 0.3 is 0 Å². The molecule has 4 heterocycles. The normalized spacial score (nSPS) is 20.2. The van der Waals surface area contributed by atoms with Crippen LogP contribution in [0.2, 0.25) is 0 Å². The molecule has 37 heavy (non-hydrogen) atoms. The van der Waals surface area contributed by atoms with E-state index < -0.39 is 17.4 Å². The molecule has 0 bridgehead atoms. The second kappa shape index (κ2) is 7.81. The molecule has 9 nitrogen and oxygen atoms in total. The van der Waals surface area contributed by atoms with Crippen molar-refractivity contribution in [2.45, 2.75) is 36.6 Å². The fourth-order valence-electron chi connectivity index (χ4n) is 5.09. The summed E-state index contributed by atoms with van der Waals surface area (Å²) in [6, 6.07) is 12.6. The average molecular weight is 498 g/mol. The van der Waals surface area contributed by atoms with Crippen molar-refractivity contribution in [3.63, 3.8) is 0 Å². The molecule has 5 aromatic rings. The van der Waals surface area contributed by atoms with Gasteiger partial charge in [0.1, 0.15) is 11.8 Å². The van der Waals surface area contributed by atoms with Gasteiger partial charge in [0.25, 0.3) is 5.92 Å². The predicted molar refractivity (Wildman–Crippen MR) is 133 cm³/mol. The van der Waals surface area contributed by atoms with Gasteiger partial charge in [-0.15, -0.1) is 10.2 Å². The Morgan fingerprint density at radius 3 is 2.57 bits per heavy atom. The van der Waals surface area contributed by atoms with Gasteiger partial charge in [-0.25, -0.2) is 23.7 Å². The quantitative estimate of drug-likeness (QED) is 0.381. The molecular weight excluding hydrogens is 476 g/mol. The number of nitrogens with two attached hydrogens (primary N) is 1. The van der Waals surface area contributed by atoms with Crippen LogP contribution in [0.1, 0.15) is 30.9 Å². The van der Waals surface area contributed by atoms with E-state index in [1.807, 2.05) is 30.3 Å². The summed E-state index contributed by atoms with van der Waals surface area (Å²) in [5, 5.41) is 15.1. The van der Waals surface area contributed by atoms with E-state index in [9.17, 15) is 0 Å². The number of halogens is 2. The lowest BCUT2D eigenvalue weighted by Crippen LogP contribution is -2.49. The number of allylic oxidation sites excluding steroid dienone is 2. The highest BCUT2D eigenvalue weighted by Gasteiger charge is 2.46. The third-order valence-electron chi connectivity index (χ3n) is 7.24. The molecule has 2 aliphatic carbocycles. The molecule has 2 aliphatic rings. The third-order valence-corrected chi connectivity index (χ3v) is 7.24. The zero-order chi connectivity index (χ0) is 25.2. The van der Waals surface area contributed by atoms with Gasteiger partial charge in [-0.1, -0.05) is 42.5 Å². The number of hydrogen-bond donors (Lipinski definition) is 2. The second-order valence-electron chi connectivity index (χ2n) is 9.54. The van der Waals surface area contributed by atoms with Crippen LogP contribution in [-0.4, -0.2) is 51.2 Å². The summed E-state index contributed by atoms with van der Waals surface area (Å²) in [6.07, 6.45) is 7.99. The minimum absolute atomic E-state index is 0.184. The molecular formula is C26H21F2N9. The SMILES string of the molecule is NC1(C2=CC(F)(F)C(c3nc4ccc5nnc(-c6ncn[nH]6)n5c4nc3-c3ccccc3)C=C2)CCC1. The first-order valence-electron chi connectivity index (χ1n) is 12.0. The molecule has 11 heteroatoms. The Labute approximate surface area is 209 Å². The first-order chi connectivity index (χ1) is 17.9. The Hall–Kier alpha value is -4.38. The summed E-state index contributed by atoms with van der Waals surface area (Å²) < 4.78 is 33.2. The minimum Gasteiger partial charge on any atom is -0.321 e. The average Bonchev–Trinajstić information content (AvgIpc) is 3.56. The maximum absolute atomic E-state index is 15.7. The van der Waals surface area contributed by atoms with Crippen LogP contribution >= 0.6 is 0 Å². The molecule has 1 aromatic carbocycles. The van der Waals surface area contributed by atoms with Crippen LogP contribution in [0.5, 0.6) is 0 Å². The van der Waals surface area contributed by atoms with Gasteiger partial charge in [0.2, 0.25) is 5.82 Å². The summed E-state index contributed by atoms with van der Waals surface area (Å²) in [5.41, 5.74) is 8.75. The summed E-state index contributed by atoms with van der Waals surface area (Å²) in [6.45, 7) is 0. The number of nitrogens with one attached hydrogen (secondary N) is 1. The molecule has 0 radical (unpaired) electrons. The summed E-state index contributed by atoms with van der Waals surface area (Å²) in [4.78, 5) is 13.8. The highest BCUT2D eigenvalue weighted by Crippen LogP contribution is 2.46. The number of nitrogens with zero attached hydrogens (tertiary/aromatic N) is 7. The van der Waals surface area contributed by atoms with Crippen LogP contribution < -0.4 is 5.73 Å². The van der Waals surface area contributed by atoms with Crippen LogP contribution in [-0.2, 0) is 0 Å². The van der Waals surface area contributed by atoms with E-state index in [0.717, 1.165) is 12.5 Å². The lowest BCUT2D eigenvalue weighted by Gasteiger charge is -2.41. The lowest BCUT2D eigenvalue weighted by atomic mass is 9.69. The summed E-state index contributed by atoms with van der Waals surface area (Å²) in [7, 11) is 0. The Morgan fingerprint density at radius 1 is 1.03 bits per heavy atom. The molecule has 1 fully saturated rings. The molecule has 0 aliphatic heterocycles. The maximum atomic E-state index is 15.7. The number of fused-ring (bicyclic) bond motifs is 3. The molecule has 0 spiro atoms. The molecule has 1 saturated carbocycles. The van der Waals surface area contributed by atoms with E-state index in [1.165, 1.54) is 12.4 Å². The zero-order valence-electron chi connectivity index (χ0n) is 19.5. The number of H-pyrrole nitrogens is 1. The smallest absolute Gasteiger partial charge is 0.278 e. The van der Waals surface area contributed by atoms with E-state index in [2.05, 4.69) is 25.4 Å². The number of pyridine rings is 1. The van der Waals surface area contributed by atoms with Crippen LogP contribution in [0.3, 0.4) is 0 Å². The second-order valence-corrected chi connectivity index (χ2v) is 9.54. The fraction of sp³-hybridized carbons (Fsp3) is 0.231. The molecule has 1 unspecified atom stereocenters. The van der Waals surface area contributed by atoms with E-state index in [4.69, 9.17) is 15.7 Å². The highest BCUT2D eigenvalue weighted by molar-refractivity contribution is 5.80. The molecule has 1 atom stereocenters. The first kappa shape index (κ1) is 21.9. The Bertz CT molecular complexity index is 1700. The van der Waals surface area contributed by atoms with Crippen molar-refractivity contribution < 1.29 is 8.78 Å². The first-order valence-corrected chi connectivity index (χ1v) is 12.0. The van der Waals surface area contributed by atoms with Crippen LogP contribution in [0, 0.1) is 0 Å². The number of benzene rings is 1. The van der Waals surface area contributed by atoms with Crippen molar-refractivity contribution in [3.05, 3.63) is 78.3 Å². The maximum Gasteiger partial charge on any atom is 0.278 e. The largest absolute Gasteiger partial charge is 0.321 e. The Morgan fingerprint density at radius 2 is 1.86 bits per heavy atom. The molecule has 3 N–H and O–H groups in total. The Balaban J connectivity index is 1.45. The monoisotopic (exact) mass is 497 g/mol. The Kier molecular flexibility index (Phi) is 4.61. The van der Waals surface area contributed by atoms with Crippen LogP contribution in [0.25, 0.3) is 39.7 Å². The van der Waals surface area contributed by atoms with E-state index >= 15 is 8.78 Å². The molecule has 7 rings (SSSR count). The van der Waals surface area contributed by atoms with E-state index in [-0.39, 0.29) is 5.69 Å². The fourth-order valence-corrected chi connectivity index (χ4v) is 5.09. The van der Waals surface area contributed by atoms with Crippen molar-refractivity contribution in [2.24, 2.45) is 5.73 Å². The van der Waals surface area contributed by atoms with Crippen LogP contribution in [0.4, 0.5) is 8.78 Å². The number of aromatic nitrogens is 8. The van der Waals surface area contributed by atoms with Crippen molar-refractivity contribution in [1.82, 2.24) is 39.7 Å². The van der Waals surface area contributed by atoms with Gasteiger partial charge in [0.15, 0.2) is 17.1 Å². The van der Waals surface area contributed by atoms with Crippen molar-refractivity contribution in [1.29, 1.82) is 0 Å². The van der Waals surface area contributed by atoms with Gasteiger partial charge in [0.05, 0.1) is 17.3 Å². The number of alkyl halides is 2. The van der Waals surface area contributed by atoms with Crippen molar-refractivity contribution in [2.75, 3.05) is 0 Å². The standard InChI is InChI=1S/C26H21F2N9/c27-26(28)13-16(25(29)11-4-12-25)7-8-17(26)21-20(15-5-2-1-3-6-15)33-23-18(32-21)9-10-19-34-36-24(37(19)23)22-30-14-31-35-22/h1-3,5-10,13-14,17H,4,11-12,29H2,(H,30,31,35). The molecule has 184 valence electrons. The third kappa shape index (κ3) is 3.38. The number of aromatic amines is 1. The number of rotatable bonds is 4. The molecule has 4 aromatic heterocycles. The van der Waals surface area contributed by atoms with Gasteiger partial charge in [0, 0.05) is 11.1 Å². The van der Waals surface area contributed by atoms with E-state index in [1.54, 1.807) is 22.6 Å². The van der Waals surface area contributed by atoms with Gasteiger partial charge in [-0.3, -0.25) is 9.50 Å². The predicted octanol–water partition coefficient (Wildman–Crippen LogP) is 4.22. The summed E-state index contributed by atoms with van der Waals surface area (Å²) in [5.74, 6) is -3.71. The van der Waals surface area contributed by atoms with Crippen molar-refractivity contribution in [3.8, 4) is 22.9 Å². The van der Waals surface area contributed by atoms with Crippen molar-refractivity contribution >= 4 is 16.8 Å². The molecule has 0 saturated heterocycles. The number of hydrogen-bond acceptors (Lipinski definition) is 7. The van der Waals surface area contributed by atoms with Gasteiger partial charge < -0.3 is 5.73 Å². The zero-order valence-corrected chi connectivity index (χ0v) is 19.5. The topological polar surface area (TPSA) is 124 Å². The van der Waals surface area contributed by atoms with Gasteiger partial charge in [-0.2, -0.15) is 5.10 Å².